The van der Waals surface area contributed by atoms with Gasteiger partial charge in [-0.3, -0.25) is 10.1 Å². The first kappa shape index (κ1) is 14.4. The summed E-state index contributed by atoms with van der Waals surface area (Å²) in [5, 5.41) is 13.7. The van der Waals surface area contributed by atoms with Gasteiger partial charge in [-0.05, 0) is 19.5 Å². The Hall–Kier alpha value is -1.69. The lowest BCUT2D eigenvalue weighted by atomic mass is 10.3. The fourth-order valence-corrected chi connectivity index (χ4v) is 1.72. The molecule has 0 bridgehead atoms. The van der Waals surface area contributed by atoms with Gasteiger partial charge in [0.05, 0.1) is 11.0 Å². The predicted molar refractivity (Wildman–Crippen MR) is 71.8 cm³/mol. The van der Waals surface area contributed by atoms with Crippen LogP contribution in [0.5, 0.6) is 0 Å². The van der Waals surface area contributed by atoms with Gasteiger partial charge in [-0.15, -0.1) is 0 Å². The van der Waals surface area contributed by atoms with Crippen LogP contribution in [0.2, 0.25) is 0 Å². The van der Waals surface area contributed by atoms with Crippen molar-refractivity contribution in [2.24, 2.45) is 0 Å². The monoisotopic (exact) mass is 252 g/mol. The number of hydrogen-bond acceptors (Lipinski definition) is 5. The largest absolute Gasteiger partial charge is 0.369 e. The Labute approximate surface area is 107 Å². The van der Waals surface area contributed by atoms with Crippen molar-refractivity contribution in [3.8, 4) is 0 Å². The Kier molecular flexibility index (Phi) is 6.07. The third kappa shape index (κ3) is 4.67. The first-order valence-electron chi connectivity index (χ1n) is 6.24. The van der Waals surface area contributed by atoms with Gasteiger partial charge in [0.25, 0.3) is 5.69 Å². The molecular weight excluding hydrogens is 232 g/mol. The molecule has 0 aliphatic heterocycles. The lowest BCUT2D eigenvalue weighted by molar-refractivity contribution is -0.384. The summed E-state index contributed by atoms with van der Waals surface area (Å²) in [4.78, 5) is 16.6. The number of nitro groups is 1. The lowest BCUT2D eigenvalue weighted by Gasteiger charge is -2.19. The molecule has 1 N–H and O–H groups in total. The van der Waals surface area contributed by atoms with E-state index in [1.165, 1.54) is 18.3 Å². The van der Waals surface area contributed by atoms with Gasteiger partial charge in [0.2, 0.25) is 0 Å². The fourth-order valence-electron chi connectivity index (χ4n) is 1.72. The van der Waals surface area contributed by atoms with Gasteiger partial charge >= 0.3 is 0 Å². The van der Waals surface area contributed by atoms with Gasteiger partial charge in [0.1, 0.15) is 5.82 Å². The Morgan fingerprint density at radius 3 is 2.83 bits per heavy atom. The Balaban J connectivity index is 2.43. The van der Waals surface area contributed by atoms with Crippen LogP contribution < -0.4 is 5.32 Å². The predicted octanol–water partition coefficient (Wildman–Crippen LogP) is 2.13. The van der Waals surface area contributed by atoms with Crippen LogP contribution in [0, 0.1) is 10.1 Å². The number of rotatable bonds is 8. The van der Waals surface area contributed by atoms with Gasteiger partial charge in [-0.25, -0.2) is 4.98 Å². The Morgan fingerprint density at radius 1 is 1.44 bits per heavy atom. The minimum atomic E-state index is -0.414. The van der Waals surface area contributed by atoms with Crippen molar-refractivity contribution in [1.82, 2.24) is 9.88 Å². The van der Waals surface area contributed by atoms with E-state index in [-0.39, 0.29) is 5.69 Å². The molecule has 0 atom stereocenters. The van der Waals surface area contributed by atoms with Gasteiger partial charge in [-0.1, -0.05) is 13.8 Å². The molecule has 1 rings (SSSR count). The van der Waals surface area contributed by atoms with E-state index in [1.54, 1.807) is 0 Å². The number of hydrogen-bond donors (Lipinski definition) is 1. The fraction of sp³-hybridized carbons (Fsp3) is 0.583. The van der Waals surface area contributed by atoms with Crippen molar-refractivity contribution >= 4 is 11.5 Å². The average Bonchev–Trinajstić information content (AvgIpc) is 2.38. The highest BCUT2D eigenvalue weighted by Crippen LogP contribution is 2.13. The molecule has 0 aromatic carbocycles. The van der Waals surface area contributed by atoms with Gasteiger partial charge in [0, 0.05) is 25.4 Å². The third-order valence-electron chi connectivity index (χ3n) is 2.68. The molecule has 0 saturated heterocycles. The third-order valence-corrected chi connectivity index (χ3v) is 2.68. The summed E-state index contributed by atoms with van der Waals surface area (Å²) in [5.74, 6) is 0.553. The molecule has 0 aliphatic carbocycles. The summed E-state index contributed by atoms with van der Waals surface area (Å²) in [7, 11) is 0. The van der Waals surface area contributed by atoms with Crippen LogP contribution in [-0.4, -0.2) is 41.0 Å². The van der Waals surface area contributed by atoms with Crippen LogP contribution in [0.25, 0.3) is 0 Å². The van der Waals surface area contributed by atoms with Crippen molar-refractivity contribution in [3.05, 3.63) is 28.4 Å². The van der Waals surface area contributed by atoms with Crippen molar-refractivity contribution in [2.45, 2.75) is 20.3 Å². The van der Waals surface area contributed by atoms with E-state index in [0.717, 1.165) is 32.6 Å². The van der Waals surface area contributed by atoms with Crippen LogP contribution in [-0.2, 0) is 0 Å². The summed E-state index contributed by atoms with van der Waals surface area (Å²) in [6.45, 7) is 8.01. The molecule has 18 heavy (non-hydrogen) atoms. The van der Waals surface area contributed by atoms with Gasteiger partial charge in [-0.2, -0.15) is 0 Å². The summed E-state index contributed by atoms with van der Waals surface area (Å²) >= 11 is 0. The molecule has 1 heterocycles. The number of pyridine rings is 1. The zero-order chi connectivity index (χ0) is 13.4. The number of aromatic nitrogens is 1. The molecule has 1 aromatic rings. The van der Waals surface area contributed by atoms with E-state index in [4.69, 9.17) is 0 Å². The SMILES string of the molecule is CCCN(CC)CCNc1cc([N+](=O)[O-])ccn1. The number of anilines is 1. The van der Waals surface area contributed by atoms with Crippen molar-refractivity contribution in [1.29, 1.82) is 0 Å². The van der Waals surface area contributed by atoms with E-state index in [0.29, 0.717) is 5.82 Å². The zero-order valence-corrected chi connectivity index (χ0v) is 10.9. The molecule has 0 aliphatic rings. The average molecular weight is 252 g/mol. The molecule has 0 fully saturated rings. The highest BCUT2D eigenvalue weighted by molar-refractivity contribution is 5.44. The second-order valence-electron chi connectivity index (χ2n) is 4.02. The smallest absolute Gasteiger partial charge is 0.274 e. The highest BCUT2D eigenvalue weighted by atomic mass is 16.6. The molecule has 6 nitrogen and oxygen atoms in total. The maximum atomic E-state index is 10.6. The molecule has 0 saturated carbocycles. The molecular formula is C12H20N4O2. The van der Waals surface area contributed by atoms with Gasteiger partial charge in [0.15, 0.2) is 0 Å². The van der Waals surface area contributed by atoms with E-state index < -0.39 is 4.92 Å². The van der Waals surface area contributed by atoms with Crippen LogP contribution in [0.4, 0.5) is 11.5 Å². The molecule has 0 spiro atoms. The molecule has 0 amide bonds. The lowest BCUT2D eigenvalue weighted by Crippen LogP contribution is -2.29. The number of likely N-dealkylation sites (N-methyl/N-ethyl adjacent to an activating group) is 1. The normalized spacial score (nSPS) is 10.6. The maximum Gasteiger partial charge on any atom is 0.274 e. The maximum absolute atomic E-state index is 10.6. The Morgan fingerprint density at radius 2 is 2.22 bits per heavy atom. The van der Waals surface area contributed by atoms with E-state index in [9.17, 15) is 10.1 Å². The summed E-state index contributed by atoms with van der Waals surface area (Å²) in [6.07, 6.45) is 2.58. The zero-order valence-electron chi connectivity index (χ0n) is 10.9. The highest BCUT2D eigenvalue weighted by Gasteiger charge is 2.06. The van der Waals surface area contributed by atoms with Crippen LogP contribution in [0.1, 0.15) is 20.3 Å². The molecule has 0 radical (unpaired) electrons. The van der Waals surface area contributed by atoms with E-state index >= 15 is 0 Å². The quantitative estimate of drug-likeness (QED) is 0.567. The second kappa shape index (κ2) is 7.60. The van der Waals surface area contributed by atoms with E-state index in [2.05, 4.69) is 29.0 Å². The number of nitrogens with one attached hydrogen (secondary N) is 1. The van der Waals surface area contributed by atoms with Crippen LogP contribution in [0.15, 0.2) is 18.3 Å². The summed E-state index contributed by atoms with van der Waals surface area (Å²) in [6, 6.07) is 2.84. The molecule has 0 unspecified atom stereocenters. The van der Waals surface area contributed by atoms with Crippen molar-refractivity contribution < 1.29 is 4.92 Å². The van der Waals surface area contributed by atoms with E-state index in [1.807, 2.05) is 0 Å². The number of nitrogens with zero attached hydrogens (tertiary/aromatic N) is 3. The Bertz CT molecular complexity index is 384. The minimum absolute atomic E-state index is 0.0633. The van der Waals surface area contributed by atoms with Crippen LogP contribution in [0.3, 0.4) is 0 Å². The van der Waals surface area contributed by atoms with Crippen molar-refractivity contribution in [2.75, 3.05) is 31.5 Å². The molecule has 1 aromatic heterocycles. The van der Waals surface area contributed by atoms with Crippen LogP contribution >= 0.6 is 0 Å². The second-order valence-corrected chi connectivity index (χ2v) is 4.02. The molecule has 100 valence electrons. The van der Waals surface area contributed by atoms with Gasteiger partial charge < -0.3 is 10.2 Å². The standard InChI is InChI=1S/C12H20N4O2/c1-3-8-15(4-2)9-7-14-12-10-11(16(17)18)5-6-13-12/h5-6,10H,3-4,7-9H2,1-2H3,(H,13,14). The molecule has 6 heteroatoms. The first-order valence-corrected chi connectivity index (χ1v) is 6.24. The minimum Gasteiger partial charge on any atom is -0.369 e. The first-order chi connectivity index (χ1) is 8.67. The summed E-state index contributed by atoms with van der Waals surface area (Å²) < 4.78 is 0. The topological polar surface area (TPSA) is 71.3 Å². The summed E-state index contributed by atoms with van der Waals surface area (Å²) in [5.41, 5.74) is 0.0633. The van der Waals surface area contributed by atoms with Crippen molar-refractivity contribution in [3.63, 3.8) is 0 Å².